The largest absolute Gasteiger partial charge is 0.472 e. The summed E-state index contributed by atoms with van der Waals surface area (Å²) in [6, 6.07) is 6.23. The number of rotatable bonds is 2. The molecule has 0 spiro atoms. The number of hydrogen-bond donors (Lipinski definition) is 0. The van der Waals surface area contributed by atoms with Gasteiger partial charge in [0, 0.05) is 6.07 Å². The van der Waals surface area contributed by atoms with Gasteiger partial charge in [-0.15, -0.1) is 0 Å². The van der Waals surface area contributed by atoms with E-state index in [-0.39, 0.29) is 13.5 Å². The van der Waals surface area contributed by atoms with Crippen molar-refractivity contribution < 1.29 is 4.74 Å². The molecular weight excluding hydrogens is 241 g/mol. The van der Waals surface area contributed by atoms with E-state index in [1.54, 1.807) is 0 Å². The van der Waals surface area contributed by atoms with Crippen LogP contribution in [-0.2, 0) is 0 Å². The van der Waals surface area contributed by atoms with Crippen LogP contribution in [0, 0.1) is 0 Å². The minimum absolute atomic E-state index is 0.112. The van der Waals surface area contributed by atoms with E-state index in [1.807, 2.05) is 6.07 Å². The molecule has 0 amide bonds. The Morgan fingerprint density at radius 1 is 1.17 bits per heavy atom. The number of nitrogens with zero attached hydrogens (tertiary/aromatic N) is 1. The first kappa shape index (κ1) is 13.8. The zero-order chi connectivity index (χ0) is 13.3. The van der Waals surface area contributed by atoms with Gasteiger partial charge < -0.3 is 4.74 Å². The molecule has 2 atom stereocenters. The van der Waals surface area contributed by atoms with Crippen molar-refractivity contribution in [3.63, 3.8) is 0 Å². The normalized spacial score (nSPS) is 25.4. The van der Waals surface area contributed by atoms with E-state index in [9.17, 15) is 0 Å². The molecule has 0 N–H and O–H groups in total. The Morgan fingerprint density at radius 3 is 2.33 bits per heavy atom. The van der Waals surface area contributed by atoms with Crippen LogP contribution in [0.3, 0.4) is 0 Å². The maximum absolute atomic E-state index is 5.87. The van der Waals surface area contributed by atoms with Crippen LogP contribution in [-0.4, -0.2) is 21.9 Å². The topological polar surface area (TPSA) is 22.1 Å². The Bertz CT molecular complexity index is 403. The van der Waals surface area contributed by atoms with E-state index in [4.69, 9.17) is 9.72 Å². The zero-order valence-electron chi connectivity index (χ0n) is 12.1. The second-order valence-electron chi connectivity index (χ2n) is 6.23. The summed E-state index contributed by atoms with van der Waals surface area (Å²) in [5.74, 6) is 0.772. The molecule has 0 aliphatic carbocycles. The van der Waals surface area contributed by atoms with Gasteiger partial charge >= 0.3 is 0 Å². The van der Waals surface area contributed by atoms with Gasteiger partial charge in [-0.3, -0.25) is 0 Å². The van der Waals surface area contributed by atoms with Crippen molar-refractivity contribution in [2.75, 3.05) is 0 Å². The summed E-state index contributed by atoms with van der Waals surface area (Å²) in [5, 5.41) is 0. The van der Waals surface area contributed by atoms with Gasteiger partial charge in [-0.25, -0.2) is 4.98 Å². The molecule has 2 heterocycles. The lowest BCUT2D eigenvalue weighted by atomic mass is 10.2. The highest BCUT2D eigenvalue weighted by Gasteiger charge is 2.32. The van der Waals surface area contributed by atoms with E-state index in [0.29, 0.717) is 0 Å². The summed E-state index contributed by atoms with van der Waals surface area (Å²) < 4.78 is 5.87. The Labute approximate surface area is 112 Å². The van der Waals surface area contributed by atoms with E-state index < -0.39 is 0 Å². The molecule has 2 rings (SSSR count). The predicted molar refractivity (Wildman–Crippen MR) is 79.3 cm³/mol. The van der Waals surface area contributed by atoms with Crippen molar-refractivity contribution in [3.8, 4) is 5.88 Å². The maximum atomic E-state index is 5.87. The standard InChI is InChI=1S/C15H24NOP/c1-11-9-10-12(2)18(11)14-8-6-7-13(16-14)17-15(3,4)5/h6-8,11-12H,9-10H2,1-5H3/t11-,12-/m1/s1. The molecule has 0 radical (unpaired) electrons. The molecule has 1 aliphatic rings. The molecule has 0 aromatic carbocycles. The first-order valence-corrected chi connectivity index (χ1v) is 8.29. The summed E-state index contributed by atoms with van der Waals surface area (Å²) >= 11 is 0. The van der Waals surface area contributed by atoms with Gasteiger partial charge in [0.05, 0.1) is 5.44 Å². The van der Waals surface area contributed by atoms with Gasteiger partial charge in [0.15, 0.2) is 0 Å². The molecule has 18 heavy (non-hydrogen) atoms. The maximum Gasteiger partial charge on any atom is 0.214 e. The van der Waals surface area contributed by atoms with Crippen LogP contribution in [0.5, 0.6) is 5.88 Å². The molecule has 1 aromatic rings. The fraction of sp³-hybridized carbons (Fsp3) is 0.667. The van der Waals surface area contributed by atoms with Gasteiger partial charge in [-0.2, -0.15) is 0 Å². The number of ether oxygens (including phenoxy) is 1. The average Bonchev–Trinajstić information content (AvgIpc) is 2.56. The summed E-state index contributed by atoms with van der Waals surface area (Å²) in [5.41, 5.74) is 2.69. The lowest BCUT2D eigenvalue weighted by Gasteiger charge is -2.23. The lowest BCUT2D eigenvalue weighted by molar-refractivity contribution is 0.124. The van der Waals surface area contributed by atoms with E-state index in [2.05, 4.69) is 46.8 Å². The highest BCUT2D eigenvalue weighted by Crippen LogP contribution is 2.53. The minimum Gasteiger partial charge on any atom is -0.472 e. The average molecular weight is 265 g/mol. The third-order valence-corrected chi connectivity index (χ3v) is 6.53. The summed E-state index contributed by atoms with van der Waals surface area (Å²) in [4.78, 5) is 4.75. The molecule has 1 fully saturated rings. The second-order valence-corrected chi connectivity index (χ2v) is 9.27. The van der Waals surface area contributed by atoms with E-state index in [0.717, 1.165) is 17.2 Å². The second kappa shape index (κ2) is 5.17. The summed E-state index contributed by atoms with van der Waals surface area (Å²) in [6.07, 6.45) is 2.69. The van der Waals surface area contributed by atoms with E-state index in [1.165, 1.54) is 18.3 Å². The molecule has 1 aliphatic heterocycles. The summed E-state index contributed by atoms with van der Waals surface area (Å²) in [7, 11) is -0.112. The molecule has 3 heteroatoms. The molecule has 1 aromatic heterocycles. The number of pyridine rings is 1. The Kier molecular flexibility index (Phi) is 3.96. The highest BCUT2D eigenvalue weighted by molar-refractivity contribution is 7.67. The van der Waals surface area contributed by atoms with Crippen LogP contribution in [0.15, 0.2) is 18.2 Å². The molecule has 0 unspecified atom stereocenters. The summed E-state index contributed by atoms with van der Waals surface area (Å²) in [6.45, 7) is 10.9. The zero-order valence-corrected chi connectivity index (χ0v) is 13.0. The molecule has 0 saturated carbocycles. The molecule has 1 saturated heterocycles. The van der Waals surface area contributed by atoms with Crippen molar-refractivity contribution >= 4 is 13.4 Å². The van der Waals surface area contributed by atoms with Gasteiger partial charge in [0.25, 0.3) is 0 Å². The van der Waals surface area contributed by atoms with Crippen molar-refractivity contribution in [2.45, 2.75) is 64.4 Å². The quantitative estimate of drug-likeness (QED) is 0.756. The van der Waals surface area contributed by atoms with Crippen molar-refractivity contribution in [1.82, 2.24) is 4.98 Å². The van der Waals surface area contributed by atoms with Crippen LogP contribution in [0.4, 0.5) is 0 Å². The third kappa shape index (κ3) is 3.23. The van der Waals surface area contributed by atoms with Gasteiger partial charge in [-0.1, -0.05) is 19.9 Å². The van der Waals surface area contributed by atoms with Gasteiger partial charge in [-0.05, 0) is 58.9 Å². The van der Waals surface area contributed by atoms with E-state index >= 15 is 0 Å². The number of hydrogen-bond acceptors (Lipinski definition) is 2. The van der Waals surface area contributed by atoms with Gasteiger partial charge in [0.2, 0.25) is 5.88 Å². The molecular formula is C15H24NOP. The first-order chi connectivity index (χ1) is 8.37. The van der Waals surface area contributed by atoms with Crippen LogP contribution >= 0.6 is 7.92 Å². The Morgan fingerprint density at radius 2 is 1.78 bits per heavy atom. The van der Waals surface area contributed by atoms with Crippen LogP contribution in [0.1, 0.15) is 47.5 Å². The smallest absolute Gasteiger partial charge is 0.214 e. The monoisotopic (exact) mass is 265 g/mol. The fourth-order valence-electron chi connectivity index (χ4n) is 2.56. The first-order valence-electron chi connectivity index (χ1n) is 6.81. The van der Waals surface area contributed by atoms with Crippen LogP contribution in [0.25, 0.3) is 0 Å². The van der Waals surface area contributed by atoms with Crippen molar-refractivity contribution in [1.29, 1.82) is 0 Å². The Balaban J connectivity index is 2.21. The molecule has 0 bridgehead atoms. The van der Waals surface area contributed by atoms with Crippen LogP contribution < -0.4 is 10.2 Å². The van der Waals surface area contributed by atoms with Crippen molar-refractivity contribution in [3.05, 3.63) is 18.2 Å². The van der Waals surface area contributed by atoms with Crippen LogP contribution in [0.2, 0.25) is 0 Å². The highest BCUT2D eigenvalue weighted by atomic mass is 31.1. The lowest BCUT2D eigenvalue weighted by Crippen LogP contribution is -2.25. The third-order valence-electron chi connectivity index (χ3n) is 3.34. The Hall–Kier alpha value is -0.620. The predicted octanol–water partition coefficient (Wildman–Crippen LogP) is 3.94. The SMILES string of the molecule is C[C@@H]1CC[C@@H](C)P1c1cccc(OC(C)(C)C)n1. The van der Waals surface area contributed by atoms with Crippen molar-refractivity contribution in [2.24, 2.45) is 0 Å². The fourth-order valence-corrected chi connectivity index (χ4v) is 5.66. The number of aromatic nitrogens is 1. The molecule has 2 nitrogen and oxygen atoms in total. The van der Waals surface area contributed by atoms with Gasteiger partial charge in [0.1, 0.15) is 5.60 Å². The molecule has 100 valence electrons. The minimum atomic E-state index is -0.175.